The van der Waals surface area contributed by atoms with Gasteiger partial charge in [-0.1, -0.05) is 12.1 Å². The first-order chi connectivity index (χ1) is 8.08. The molecule has 4 heteroatoms. The highest BCUT2D eigenvalue weighted by molar-refractivity contribution is 5.89. The highest BCUT2D eigenvalue weighted by Gasteiger charge is 2.09. The number of methoxy groups -OCH3 is 1. The lowest BCUT2D eigenvalue weighted by molar-refractivity contribution is 0.0600. The van der Waals surface area contributed by atoms with Gasteiger partial charge in [0.25, 0.3) is 0 Å². The second kappa shape index (κ2) is 6.02. The Kier molecular flexibility index (Phi) is 4.68. The van der Waals surface area contributed by atoms with Gasteiger partial charge in [-0.25, -0.2) is 4.79 Å². The minimum Gasteiger partial charge on any atom is -0.465 e. The minimum absolute atomic E-state index is 0.129. The Morgan fingerprint density at radius 2 is 2.06 bits per heavy atom. The van der Waals surface area contributed by atoms with E-state index in [0.29, 0.717) is 12.1 Å². The van der Waals surface area contributed by atoms with Crippen molar-refractivity contribution in [3.8, 4) is 6.07 Å². The molecule has 1 rings (SSSR count). The summed E-state index contributed by atoms with van der Waals surface area (Å²) in [5.41, 5.74) is 1.59. The van der Waals surface area contributed by atoms with Crippen LogP contribution in [-0.2, 0) is 11.3 Å². The molecular weight excluding hydrogens is 216 g/mol. The summed E-state index contributed by atoms with van der Waals surface area (Å²) in [6.45, 7) is 2.53. The van der Waals surface area contributed by atoms with Crippen LogP contribution in [0.1, 0.15) is 22.8 Å². The number of carbonyl (C=O) groups excluding carboxylic acids is 1. The van der Waals surface area contributed by atoms with E-state index < -0.39 is 0 Å². The molecule has 1 aromatic carbocycles. The first-order valence-electron chi connectivity index (χ1n) is 5.35. The Balaban J connectivity index is 2.69. The van der Waals surface area contributed by atoms with Crippen molar-refractivity contribution in [2.75, 3.05) is 14.2 Å². The number of hydrogen-bond donors (Lipinski definition) is 0. The van der Waals surface area contributed by atoms with Gasteiger partial charge in [-0.3, -0.25) is 4.90 Å². The predicted molar refractivity (Wildman–Crippen MR) is 64.3 cm³/mol. The summed E-state index contributed by atoms with van der Waals surface area (Å²) < 4.78 is 4.62. The molecule has 0 N–H and O–H groups in total. The molecule has 0 bridgehead atoms. The normalized spacial score (nSPS) is 11.9. The smallest absolute Gasteiger partial charge is 0.337 e. The molecule has 1 unspecified atom stereocenters. The maximum atomic E-state index is 11.2. The predicted octanol–water partition coefficient (Wildman–Crippen LogP) is 1.82. The highest BCUT2D eigenvalue weighted by atomic mass is 16.5. The molecule has 17 heavy (non-hydrogen) atoms. The quantitative estimate of drug-likeness (QED) is 0.743. The lowest BCUT2D eigenvalue weighted by Crippen LogP contribution is -2.26. The molecule has 0 spiro atoms. The van der Waals surface area contributed by atoms with E-state index in [2.05, 4.69) is 10.8 Å². The maximum Gasteiger partial charge on any atom is 0.337 e. The average Bonchev–Trinajstić information content (AvgIpc) is 2.37. The molecule has 0 saturated carbocycles. The van der Waals surface area contributed by atoms with Crippen molar-refractivity contribution in [2.24, 2.45) is 0 Å². The number of esters is 1. The second-order valence-corrected chi connectivity index (χ2v) is 3.91. The van der Waals surface area contributed by atoms with Gasteiger partial charge in [0.15, 0.2) is 0 Å². The van der Waals surface area contributed by atoms with Crippen LogP contribution in [0, 0.1) is 11.3 Å². The largest absolute Gasteiger partial charge is 0.465 e. The van der Waals surface area contributed by atoms with Gasteiger partial charge in [-0.05, 0) is 31.7 Å². The molecule has 0 heterocycles. The number of hydrogen-bond acceptors (Lipinski definition) is 4. The summed E-state index contributed by atoms with van der Waals surface area (Å²) in [6, 6.07) is 9.24. The molecular formula is C13H16N2O2. The third-order valence-electron chi connectivity index (χ3n) is 2.66. The van der Waals surface area contributed by atoms with Crippen LogP contribution in [0.15, 0.2) is 24.3 Å². The molecule has 0 aliphatic heterocycles. The van der Waals surface area contributed by atoms with Crippen LogP contribution in [0.2, 0.25) is 0 Å². The van der Waals surface area contributed by atoms with E-state index >= 15 is 0 Å². The Bertz CT molecular complexity index is 420. The van der Waals surface area contributed by atoms with Crippen LogP contribution in [0.25, 0.3) is 0 Å². The zero-order chi connectivity index (χ0) is 12.8. The summed E-state index contributed by atoms with van der Waals surface area (Å²) in [4.78, 5) is 13.2. The van der Waals surface area contributed by atoms with Gasteiger partial charge in [0, 0.05) is 6.54 Å². The van der Waals surface area contributed by atoms with Crippen LogP contribution in [0.3, 0.4) is 0 Å². The van der Waals surface area contributed by atoms with Crippen LogP contribution in [0.5, 0.6) is 0 Å². The van der Waals surface area contributed by atoms with Crippen molar-refractivity contribution in [1.29, 1.82) is 5.26 Å². The summed E-state index contributed by atoms with van der Waals surface area (Å²) in [5.74, 6) is -0.338. The van der Waals surface area contributed by atoms with E-state index in [1.165, 1.54) is 7.11 Å². The van der Waals surface area contributed by atoms with Gasteiger partial charge in [-0.2, -0.15) is 5.26 Å². The molecule has 0 saturated heterocycles. The minimum atomic E-state index is -0.338. The van der Waals surface area contributed by atoms with Crippen molar-refractivity contribution in [1.82, 2.24) is 4.90 Å². The van der Waals surface area contributed by atoms with E-state index in [1.807, 2.05) is 31.0 Å². The fourth-order valence-corrected chi connectivity index (χ4v) is 1.39. The summed E-state index contributed by atoms with van der Waals surface area (Å²) >= 11 is 0. The third-order valence-corrected chi connectivity index (χ3v) is 2.66. The van der Waals surface area contributed by atoms with E-state index in [1.54, 1.807) is 12.1 Å². The van der Waals surface area contributed by atoms with Crippen molar-refractivity contribution in [3.05, 3.63) is 35.4 Å². The van der Waals surface area contributed by atoms with Crippen LogP contribution >= 0.6 is 0 Å². The zero-order valence-corrected chi connectivity index (χ0v) is 10.3. The number of nitriles is 1. The highest BCUT2D eigenvalue weighted by Crippen LogP contribution is 2.09. The second-order valence-electron chi connectivity index (χ2n) is 3.91. The number of nitrogens with zero attached hydrogens (tertiary/aromatic N) is 2. The number of benzene rings is 1. The van der Waals surface area contributed by atoms with Crippen molar-refractivity contribution < 1.29 is 9.53 Å². The van der Waals surface area contributed by atoms with Gasteiger partial charge < -0.3 is 4.74 Å². The van der Waals surface area contributed by atoms with Crippen LogP contribution < -0.4 is 0 Å². The third kappa shape index (κ3) is 3.58. The van der Waals surface area contributed by atoms with Gasteiger partial charge >= 0.3 is 5.97 Å². The van der Waals surface area contributed by atoms with Gasteiger partial charge in [0.2, 0.25) is 0 Å². The molecule has 0 aliphatic rings. The SMILES string of the molecule is COC(=O)c1ccc(CN(C)C(C)C#N)cc1. The van der Waals surface area contributed by atoms with Gasteiger partial charge in [-0.15, -0.1) is 0 Å². The first kappa shape index (κ1) is 13.2. The molecule has 1 aromatic rings. The molecule has 1 atom stereocenters. The molecule has 0 aromatic heterocycles. The standard InChI is InChI=1S/C13H16N2O2/c1-10(8-14)15(2)9-11-4-6-12(7-5-11)13(16)17-3/h4-7,10H,9H2,1-3H3. The Labute approximate surface area is 101 Å². The number of rotatable bonds is 4. The number of ether oxygens (including phenoxy) is 1. The summed E-state index contributed by atoms with van der Waals surface area (Å²) in [5, 5.41) is 8.78. The Morgan fingerprint density at radius 3 is 2.53 bits per heavy atom. The number of carbonyl (C=O) groups is 1. The maximum absolute atomic E-state index is 11.2. The molecule has 0 radical (unpaired) electrons. The Morgan fingerprint density at radius 1 is 1.47 bits per heavy atom. The van der Waals surface area contributed by atoms with Crippen molar-refractivity contribution in [3.63, 3.8) is 0 Å². The lowest BCUT2D eigenvalue weighted by Gasteiger charge is -2.18. The fraction of sp³-hybridized carbons (Fsp3) is 0.385. The van der Waals surface area contributed by atoms with Crippen molar-refractivity contribution in [2.45, 2.75) is 19.5 Å². The summed E-state index contributed by atoms with van der Waals surface area (Å²) in [6.07, 6.45) is 0. The molecule has 4 nitrogen and oxygen atoms in total. The van der Waals surface area contributed by atoms with Gasteiger partial charge in [0.1, 0.15) is 0 Å². The zero-order valence-electron chi connectivity index (χ0n) is 10.3. The summed E-state index contributed by atoms with van der Waals surface area (Å²) in [7, 11) is 3.25. The topological polar surface area (TPSA) is 53.3 Å². The lowest BCUT2D eigenvalue weighted by atomic mass is 10.1. The van der Waals surface area contributed by atoms with E-state index in [4.69, 9.17) is 5.26 Å². The Hall–Kier alpha value is -1.86. The van der Waals surface area contributed by atoms with Crippen LogP contribution in [-0.4, -0.2) is 31.1 Å². The van der Waals surface area contributed by atoms with Crippen molar-refractivity contribution >= 4 is 5.97 Å². The molecule has 0 fully saturated rings. The first-order valence-corrected chi connectivity index (χ1v) is 5.35. The average molecular weight is 232 g/mol. The molecule has 90 valence electrons. The monoisotopic (exact) mass is 232 g/mol. The van der Waals surface area contributed by atoms with E-state index in [9.17, 15) is 4.79 Å². The van der Waals surface area contributed by atoms with Crippen LogP contribution in [0.4, 0.5) is 0 Å². The molecule has 0 aliphatic carbocycles. The van der Waals surface area contributed by atoms with Gasteiger partial charge in [0.05, 0.1) is 24.8 Å². The van der Waals surface area contributed by atoms with E-state index in [0.717, 1.165) is 5.56 Å². The fourth-order valence-electron chi connectivity index (χ4n) is 1.39. The van der Waals surface area contributed by atoms with E-state index in [-0.39, 0.29) is 12.0 Å². The molecule has 0 amide bonds.